The van der Waals surface area contributed by atoms with Crippen molar-refractivity contribution in [1.82, 2.24) is 5.32 Å². The first kappa shape index (κ1) is 16.4. The third-order valence-corrected chi connectivity index (χ3v) is 3.97. The first-order valence-electron chi connectivity index (χ1n) is 6.67. The summed E-state index contributed by atoms with van der Waals surface area (Å²) in [6.45, 7) is 3.39. The summed E-state index contributed by atoms with van der Waals surface area (Å²) in [6, 6.07) is 7.64. The predicted octanol–water partition coefficient (Wildman–Crippen LogP) is 5.55. The van der Waals surface area contributed by atoms with E-state index in [0.717, 1.165) is 18.5 Å². The second kappa shape index (κ2) is 7.34. The van der Waals surface area contributed by atoms with Gasteiger partial charge in [-0.05, 0) is 64.3 Å². The van der Waals surface area contributed by atoms with E-state index in [1.807, 2.05) is 0 Å². The van der Waals surface area contributed by atoms with E-state index < -0.39 is 11.6 Å². The Balaban J connectivity index is 2.51. The molecular formula is C16H15BrClF2N. The van der Waals surface area contributed by atoms with Crippen molar-refractivity contribution in [1.29, 1.82) is 0 Å². The Morgan fingerprint density at radius 2 is 1.95 bits per heavy atom. The van der Waals surface area contributed by atoms with Gasteiger partial charge in [-0.3, -0.25) is 0 Å². The molecule has 1 N–H and O–H groups in total. The van der Waals surface area contributed by atoms with Crippen LogP contribution in [-0.4, -0.2) is 6.54 Å². The van der Waals surface area contributed by atoms with Gasteiger partial charge in [-0.2, -0.15) is 0 Å². The molecule has 0 aromatic heterocycles. The van der Waals surface area contributed by atoms with Crippen LogP contribution in [0.15, 0.2) is 34.8 Å². The van der Waals surface area contributed by atoms with Crippen molar-refractivity contribution in [3.8, 4) is 11.1 Å². The molecule has 2 aromatic rings. The second-order valence-corrected chi connectivity index (χ2v) is 5.99. The van der Waals surface area contributed by atoms with Crippen LogP contribution in [0.5, 0.6) is 0 Å². The van der Waals surface area contributed by atoms with Crippen LogP contribution in [0.1, 0.15) is 18.9 Å². The summed E-state index contributed by atoms with van der Waals surface area (Å²) in [6.07, 6.45) is 0.982. The predicted molar refractivity (Wildman–Crippen MR) is 86.5 cm³/mol. The van der Waals surface area contributed by atoms with Gasteiger partial charge < -0.3 is 5.32 Å². The maximum Gasteiger partial charge on any atom is 0.148 e. The maximum absolute atomic E-state index is 14.3. The molecule has 0 saturated heterocycles. The molecule has 0 aliphatic heterocycles. The Morgan fingerprint density at radius 3 is 2.67 bits per heavy atom. The summed E-state index contributed by atoms with van der Waals surface area (Å²) in [5.74, 6) is -1.19. The molecule has 0 radical (unpaired) electrons. The lowest BCUT2D eigenvalue weighted by Crippen LogP contribution is -2.14. The zero-order valence-corrected chi connectivity index (χ0v) is 13.9. The van der Waals surface area contributed by atoms with Gasteiger partial charge in [0.2, 0.25) is 0 Å². The standard InChI is InChI=1S/C16H15BrClF2N/c1-2-7-21-9-10-8-11(18)3-4-12(10)15-14(19)6-5-13(17)16(15)20/h3-6,8,21H,2,7,9H2,1H3. The van der Waals surface area contributed by atoms with Crippen molar-refractivity contribution in [2.45, 2.75) is 19.9 Å². The highest BCUT2D eigenvalue weighted by Crippen LogP contribution is 2.34. The van der Waals surface area contributed by atoms with E-state index in [2.05, 4.69) is 28.2 Å². The number of benzene rings is 2. The maximum atomic E-state index is 14.3. The summed E-state index contributed by atoms with van der Waals surface area (Å²) < 4.78 is 28.6. The lowest BCUT2D eigenvalue weighted by molar-refractivity contribution is 0.584. The van der Waals surface area contributed by atoms with E-state index in [1.54, 1.807) is 18.2 Å². The minimum Gasteiger partial charge on any atom is -0.313 e. The molecule has 0 spiro atoms. The highest BCUT2D eigenvalue weighted by atomic mass is 79.9. The van der Waals surface area contributed by atoms with Gasteiger partial charge in [-0.1, -0.05) is 24.6 Å². The Bertz CT molecular complexity index is 646. The van der Waals surface area contributed by atoms with Crippen LogP contribution in [0.2, 0.25) is 5.02 Å². The monoisotopic (exact) mass is 373 g/mol. The number of rotatable bonds is 5. The van der Waals surface area contributed by atoms with Gasteiger partial charge in [-0.25, -0.2) is 8.78 Å². The molecule has 0 aliphatic carbocycles. The van der Waals surface area contributed by atoms with E-state index >= 15 is 0 Å². The third kappa shape index (κ3) is 3.82. The second-order valence-electron chi connectivity index (χ2n) is 4.70. The summed E-state index contributed by atoms with van der Waals surface area (Å²) in [4.78, 5) is 0. The van der Waals surface area contributed by atoms with E-state index in [0.29, 0.717) is 17.1 Å². The molecule has 0 heterocycles. The molecular weight excluding hydrogens is 360 g/mol. The largest absolute Gasteiger partial charge is 0.313 e. The Kier molecular flexibility index (Phi) is 5.73. The van der Waals surface area contributed by atoms with Crippen molar-refractivity contribution in [3.63, 3.8) is 0 Å². The number of nitrogens with one attached hydrogen (secondary N) is 1. The van der Waals surface area contributed by atoms with E-state index in [9.17, 15) is 8.78 Å². The van der Waals surface area contributed by atoms with Crippen LogP contribution in [-0.2, 0) is 6.54 Å². The smallest absolute Gasteiger partial charge is 0.148 e. The molecule has 112 valence electrons. The van der Waals surface area contributed by atoms with Crippen molar-refractivity contribution >= 4 is 27.5 Å². The molecule has 0 unspecified atom stereocenters. The van der Waals surface area contributed by atoms with E-state index in [-0.39, 0.29) is 10.0 Å². The fourth-order valence-electron chi connectivity index (χ4n) is 2.13. The van der Waals surface area contributed by atoms with Crippen LogP contribution in [0.4, 0.5) is 8.78 Å². The summed E-state index contributed by atoms with van der Waals surface area (Å²) in [5.41, 5.74) is 1.25. The van der Waals surface area contributed by atoms with Gasteiger partial charge in [0.15, 0.2) is 0 Å². The molecule has 1 nitrogen and oxygen atoms in total. The Labute approximate surface area is 136 Å². The van der Waals surface area contributed by atoms with Gasteiger partial charge in [0.1, 0.15) is 11.6 Å². The van der Waals surface area contributed by atoms with Crippen LogP contribution < -0.4 is 5.32 Å². The average molecular weight is 375 g/mol. The van der Waals surface area contributed by atoms with Gasteiger partial charge in [0, 0.05) is 11.6 Å². The Hall–Kier alpha value is -0.970. The molecule has 5 heteroatoms. The normalized spacial score (nSPS) is 10.9. The molecule has 0 amide bonds. The molecule has 2 aromatic carbocycles. The fourth-order valence-corrected chi connectivity index (χ4v) is 2.65. The van der Waals surface area contributed by atoms with Crippen LogP contribution >= 0.6 is 27.5 Å². The molecule has 2 rings (SSSR count). The van der Waals surface area contributed by atoms with Crippen LogP contribution in [0.3, 0.4) is 0 Å². The van der Waals surface area contributed by atoms with Gasteiger partial charge >= 0.3 is 0 Å². The van der Waals surface area contributed by atoms with Gasteiger partial charge in [0.25, 0.3) is 0 Å². The number of hydrogen-bond donors (Lipinski definition) is 1. The van der Waals surface area contributed by atoms with Gasteiger partial charge in [-0.15, -0.1) is 0 Å². The molecule has 0 saturated carbocycles. The highest BCUT2D eigenvalue weighted by Gasteiger charge is 2.17. The van der Waals surface area contributed by atoms with E-state index in [4.69, 9.17) is 11.6 Å². The number of hydrogen-bond acceptors (Lipinski definition) is 1. The lowest BCUT2D eigenvalue weighted by atomic mass is 9.98. The molecule has 0 bridgehead atoms. The van der Waals surface area contributed by atoms with Crippen molar-refractivity contribution in [3.05, 3.63) is 57.0 Å². The molecule has 0 atom stereocenters. The van der Waals surface area contributed by atoms with Crippen LogP contribution in [0.25, 0.3) is 11.1 Å². The topological polar surface area (TPSA) is 12.0 Å². The first-order valence-corrected chi connectivity index (χ1v) is 7.84. The van der Waals surface area contributed by atoms with Crippen LogP contribution in [0, 0.1) is 11.6 Å². The average Bonchev–Trinajstić information content (AvgIpc) is 2.46. The summed E-state index contributed by atoms with van der Waals surface area (Å²) >= 11 is 9.10. The summed E-state index contributed by atoms with van der Waals surface area (Å²) in [7, 11) is 0. The minimum atomic E-state index is -0.603. The summed E-state index contributed by atoms with van der Waals surface area (Å²) in [5, 5.41) is 3.77. The van der Waals surface area contributed by atoms with E-state index in [1.165, 1.54) is 12.1 Å². The van der Waals surface area contributed by atoms with Gasteiger partial charge in [0.05, 0.1) is 10.0 Å². The van der Waals surface area contributed by atoms with Crippen molar-refractivity contribution in [2.24, 2.45) is 0 Å². The lowest BCUT2D eigenvalue weighted by Gasteiger charge is -2.13. The first-order chi connectivity index (χ1) is 10.0. The third-order valence-electron chi connectivity index (χ3n) is 3.12. The molecule has 0 aliphatic rings. The van der Waals surface area contributed by atoms with Crippen molar-refractivity contribution in [2.75, 3.05) is 6.54 Å². The molecule has 21 heavy (non-hydrogen) atoms. The Morgan fingerprint density at radius 1 is 1.19 bits per heavy atom. The number of halogens is 4. The quantitative estimate of drug-likeness (QED) is 0.534. The molecule has 0 fully saturated rings. The zero-order valence-electron chi connectivity index (χ0n) is 11.5. The fraction of sp³-hybridized carbons (Fsp3) is 0.250. The highest BCUT2D eigenvalue weighted by molar-refractivity contribution is 9.10. The zero-order chi connectivity index (χ0) is 15.4. The minimum absolute atomic E-state index is 0.0330. The van der Waals surface area contributed by atoms with Crippen molar-refractivity contribution < 1.29 is 8.78 Å². The SMILES string of the molecule is CCCNCc1cc(Cl)ccc1-c1c(F)ccc(Br)c1F.